The molecule has 0 atom stereocenters. The summed E-state index contributed by atoms with van der Waals surface area (Å²) in [6.45, 7) is 6.04. The van der Waals surface area contributed by atoms with Gasteiger partial charge in [0.25, 0.3) is 0 Å². The number of likely N-dealkylation sites (N-methyl/N-ethyl adjacent to an activating group) is 1. The lowest BCUT2D eigenvalue weighted by atomic mass is 10.1. The molecule has 2 rings (SSSR count). The predicted molar refractivity (Wildman–Crippen MR) is 81.1 cm³/mol. The highest BCUT2D eigenvalue weighted by molar-refractivity contribution is 7.05. The van der Waals surface area contributed by atoms with E-state index in [0.717, 1.165) is 18.8 Å². The summed E-state index contributed by atoms with van der Waals surface area (Å²) in [5, 5.41) is 4.04. The number of aryl methyl sites for hydroxylation is 1. The standard InChI is InChI=1S/C15H19N3S/c1-12(9-14-7-5-4-6-8-14)10-18(3)11-15-13(2)16-17-19-15/h4-9H,10-11H2,1-3H3/b12-9+. The van der Waals surface area contributed by atoms with E-state index in [1.165, 1.54) is 27.5 Å². The van der Waals surface area contributed by atoms with Crippen LogP contribution in [0.5, 0.6) is 0 Å². The van der Waals surface area contributed by atoms with E-state index in [1.54, 1.807) is 0 Å². The first kappa shape index (κ1) is 13.9. The number of nitrogens with zero attached hydrogens (tertiary/aromatic N) is 3. The van der Waals surface area contributed by atoms with E-state index in [1.807, 2.05) is 13.0 Å². The third-order valence-electron chi connectivity index (χ3n) is 2.89. The Labute approximate surface area is 118 Å². The van der Waals surface area contributed by atoms with Crippen LogP contribution in [0.15, 0.2) is 35.9 Å². The lowest BCUT2D eigenvalue weighted by molar-refractivity contribution is 0.358. The highest BCUT2D eigenvalue weighted by atomic mass is 32.1. The largest absolute Gasteiger partial charge is 0.297 e. The number of rotatable bonds is 5. The van der Waals surface area contributed by atoms with E-state index < -0.39 is 0 Å². The van der Waals surface area contributed by atoms with Crippen molar-refractivity contribution in [2.24, 2.45) is 0 Å². The summed E-state index contributed by atoms with van der Waals surface area (Å²) in [5.74, 6) is 0. The second kappa shape index (κ2) is 6.59. The summed E-state index contributed by atoms with van der Waals surface area (Å²) in [6.07, 6.45) is 2.23. The maximum atomic E-state index is 4.04. The van der Waals surface area contributed by atoms with Crippen LogP contribution < -0.4 is 0 Å². The Balaban J connectivity index is 1.94. The second-order valence-electron chi connectivity index (χ2n) is 4.86. The van der Waals surface area contributed by atoms with E-state index in [-0.39, 0.29) is 0 Å². The zero-order valence-electron chi connectivity index (χ0n) is 11.6. The summed E-state index contributed by atoms with van der Waals surface area (Å²) in [6, 6.07) is 10.4. The van der Waals surface area contributed by atoms with Crippen molar-refractivity contribution in [3.8, 4) is 0 Å². The van der Waals surface area contributed by atoms with Gasteiger partial charge in [-0.3, -0.25) is 4.90 Å². The maximum absolute atomic E-state index is 4.04. The molecule has 0 radical (unpaired) electrons. The molecule has 2 aromatic rings. The number of hydrogen-bond acceptors (Lipinski definition) is 4. The lowest BCUT2D eigenvalue weighted by Crippen LogP contribution is -2.19. The summed E-state index contributed by atoms with van der Waals surface area (Å²) in [7, 11) is 2.13. The van der Waals surface area contributed by atoms with Crippen molar-refractivity contribution in [2.75, 3.05) is 13.6 Å². The molecule has 0 N–H and O–H groups in total. The monoisotopic (exact) mass is 273 g/mol. The van der Waals surface area contributed by atoms with Crippen LogP contribution in [-0.2, 0) is 6.54 Å². The van der Waals surface area contributed by atoms with E-state index in [4.69, 9.17) is 0 Å². The van der Waals surface area contributed by atoms with Gasteiger partial charge in [-0.25, -0.2) is 0 Å². The molecule has 1 aromatic heterocycles. The molecule has 0 saturated carbocycles. The first-order valence-electron chi connectivity index (χ1n) is 6.34. The van der Waals surface area contributed by atoms with Crippen molar-refractivity contribution in [3.63, 3.8) is 0 Å². The number of hydrogen-bond donors (Lipinski definition) is 0. The van der Waals surface area contributed by atoms with Crippen molar-refractivity contribution in [2.45, 2.75) is 20.4 Å². The van der Waals surface area contributed by atoms with E-state index in [0.29, 0.717) is 0 Å². The Morgan fingerprint density at radius 1 is 1.32 bits per heavy atom. The van der Waals surface area contributed by atoms with Gasteiger partial charge in [0.05, 0.1) is 10.6 Å². The summed E-state index contributed by atoms with van der Waals surface area (Å²) in [4.78, 5) is 3.53. The molecular formula is C15H19N3S. The molecule has 0 unspecified atom stereocenters. The van der Waals surface area contributed by atoms with Gasteiger partial charge in [-0.15, -0.1) is 5.10 Å². The second-order valence-corrected chi connectivity index (χ2v) is 5.69. The minimum Gasteiger partial charge on any atom is -0.297 e. The Morgan fingerprint density at radius 2 is 2.05 bits per heavy atom. The normalized spacial score (nSPS) is 12.1. The minimum atomic E-state index is 0.906. The SMILES string of the molecule is C/C(=C\c1ccccc1)CN(C)Cc1snnc1C. The Kier molecular flexibility index (Phi) is 4.82. The molecular weight excluding hydrogens is 254 g/mol. The van der Waals surface area contributed by atoms with Gasteiger partial charge in [0.1, 0.15) is 0 Å². The van der Waals surface area contributed by atoms with Crippen LogP contribution >= 0.6 is 11.5 Å². The van der Waals surface area contributed by atoms with Crippen LogP contribution in [0.25, 0.3) is 6.08 Å². The fraction of sp³-hybridized carbons (Fsp3) is 0.333. The molecule has 0 fully saturated rings. The van der Waals surface area contributed by atoms with Gasteiger partial charge < -0.3 is 0 Å². The lowest BCUT2D eigenvalue weighted by Gasteiger charge is -2.16. The van der Waals surface area contributed by atoms with Crippen LogP contribution in [0.4, 0.5) is 0 Å². The molecule has 0 saturated heterocycles. The highest BCUT2D eigenvalue weighted by Gasteiger charge is 2.07. The van der Waals surface area contributed by atoms with Gasteiger partial charge in [-0.2, -0.15) is 0 Å². The van der Waals surface area contributed by atoms with Crippen molar-refractivity contribution >= 4 is 17.6 Å². The van der Waals surface area contributed by atoms with Crippen LogP contribution in [0.3, 0.4) is 0 Å². The predicted octanol–water partition coefficient (Wildman–Crippen LogP) is 3.38. The molecule has 1 heterocycles. The number of aromatic nitrogens is 2. The highest BCUT2D eigenvalue weighted by Crippen LogP contribution is 2.13. The summed E-state index contributed by atoms with van der Waals surface area (Å²) < 4.78 is 3.97. The third kappa shape index (κ3) is 4.26. The fourth-order valence-electron chi connectivity index (χ4n) is 2.00. The first-order valence-corrected chi connectivity index (χ1v) is 7.11. The molecule has 4 heteroatoms. The molecule has 1 aromatic carbocycles. The van der Waals surface area contributed by atoms with Gasteiger partial charge in [-0.05, 0) is 38.0 Å². The van der Waals surface area contributed by atoms with Crippen molar-refractivity contribution in [3.05, 3.63) is 52.0 Å². The average Bonchev–Trinajstić information content (AvgIpc) is 2.76. The van der Waals surface area contributed by atoms with Gasteiger partial charge in [0, 0.05) is 13.1 Å². The van der Waals surface area contributed by atoms with Crippen molar-refractivity contribution in [1.29, 1.82) is 0 Å². The van der Waals surface area contributed by atoms with Crippen molar-refractivity contribution < 1.29 is 0 Å². The van der Waals surface area contributed by atoms with E-state index in [2.05, 4.69) is 58.8 Å². The number of benzene rings is 1. The molecule has 0 aliphatic rings. The zero-order valence-corrected chi connectivity index (χ0v) is 12.4. The molecule has 0 aliphatic carbocycles. The van der Waals surface area contributed by atoms with Gasteiger partial charge >= 0.3 is 0 Å². The molecule has 19 heavy (non-hydrogen) atoms. The summed E-state index contributed by atoms with van der Waals surface area (Å²) in [5.41, 5.74) is 3.65. The molecule has 100 valence electrons. The van der Waals surface area contributed by atoms with Crippen LogP contribution in [0, 0.1) is 6.92 Å². The van der Waals surface area contributed by atoms with Crippen LogP contribution in [0.2, 0.25) is 0 Å². The van der Waals surface area contributed by atoms with Crippen LogP contribution in [0.1, 0.15) is 23.1 Å². The third-order valence-corrected chi connectivity index (χ3v) is 3.70. The molecule has 0 aliphatic heterocycles. The topological polar surface area (TPSA) is 29.0 Å². The molecule has 0 amide bonds. The fourth-order valence-corrected chi connectivity index (χ4v) is 2.72. The zero-order chi connectivity index (χ0) is 13.7. The Hall–Kier alpha value is -1.52. The molecule has 3 nitrogen and oxygen atoms in total. The molecule has 0 spiro atoms. The maximum Gasteiger partial charge on any atom is 0.0769 e. The smallest absolute Gasteiger partial charge is 0.0769 e. The minimum absolute atomic E-state index is 0.906. The Morgan fingerprint density at radius 3 is 2.68 bits per heavy atom. The molecule has 0 bridgehead atoms. The first-order chi connectivity index (χ1) is 9.15. The van der Waals surface area contributed by atoms with Crippen LogP contribution in [-0.4, -0.2) is 28.1 Å². The van der Waals surface area contributed by atoms with Gasteiger partial charge in [0.15, 0.2) is 0 Å². The van der Waals surface area contributed by atoms with Gasteiger partial charge in [0.2, 0.25) is 0 Å². The quantitative estimate of drug-likeness (QED) is 0.836. The van der Waals surface area contributed by atoms with Crippen molar-refractivity contribution in [1.82, 2.24) is 14.5 Å². The van der Waals surface area contributed by atoms with E-state index >= 15 is 0 Å². The van der Waals surface area contributed by atoms with E-state index in [9.17, 15) is 0 Å². The Bertz CT molecular complexity index is 546. The summed E-state index contributed by atoms with van der Waals surface area (Å²) >= 11 is 1.49. The average molecular weight is 273 g/mol. The van der Waals surface area contributed by atoms with Gasteiger partial charge in [-0.1, -0.05) is 46.5 Å².